The molecule has 23 heavy (non-hydrogen) atoms. The Kier molecular flexibility index (Phi) is 5.60. The monoisotopic (exact) mass is 331 g/mol. The Bertz CT molecular complexity index is 732. The van der Waals surface area contributed by atoms with Crippen molar-refractivity contribution in [1.82, 2.24) is 4.98 Å². The first-order chi connectivity index (χ1) is 11.0. The average Bonchev–Trinajstić information content (AvgIpc) is 2.56. The number of carbonyl (C=O) groups excluding carboxylic acids is 1. The van der Waals surface area contributed by atoms with Crippen LogP contribution in [0.1, 0.15) is 16.1 Å². The van der Waals surface area contributed by atoms with E-state index in [9.17, 15) is 4.79 Å². The summed E-state index contributed by atoms with van der Waals surface area (Å²) in [6, 6.07) is 6.89. The fraction of sp³-hybridized carbons (Fsp3) is 0.176. The second-order valence-corrected chi connectivity index (χ2v) is 5.26. The fourth-order valence-corrected chi connectivity index (χ4v) is 2.12. The van der Waals surface area contributed by atoms with Gasteiger partial charge in [0.05, 0.1) is 12.8 Å². The number of aromatic nitrogens is 1. The number of benzene rings is 1. The van der Waals surface area contributed by atoms with Crippen molar-refractivity contribution in [3.63, 3.8) is 0 Å². The molecule has 1 amide bonds. The molecule has 0 unspecified atom stereocenters. The third kappa shape index (κ3) is 4.23. The van der Waals surface area contributed by atoms with Crippen molar-refractivity contribution in [2.24, 2.45) is 0 Å². The van der Waals surface area contributed by atoms with Gasteiger partial charge in [-0.25, -0.2) is 0 Å². The molecule has 0 aliphatic carbocycles. The molecule has 0 atom stereocenters. The number of methoxy groups -OCH3 is 1. The van der Waals surface area contributed by atoms with Crippen molar-refractivity contribution in [2.45, 2.75) is 6.92 Å². The Morgan fingerprint density at radius 2 is 2.22 bits per heavy atom. The molecular weight excluding hydrogens is 314 g/mol. The smallest absolute Gasteiger partial charge is 0.274 e. The molecule has 0 aliphatic heterocycles. The molecular formula is C17H18ClN3O2. The molecule has 1 aromatic carbocycles. The van der Waals surface area contributed by atoms with Gasteiger partial charge in [-0.3, -0.25) is 9.78 Å². The van der Waals surface area contributed by atoms with Crippen LogP contribution in [0.4, 0.5) is 11.4 Å². The van der Waals surface area contributed by atoms with E-state index in [4.69, 9.17) is 16.3 Å². The van der Waals surface area contributed by atoms with Gasteiger partial charge in [0.2, 0.25) is 0 Å². The highest BCUT2D eigenvalue weighted by atomic mass is 35.5. The van der Waals surface area contributed by atoms with Crippen LogP contribution in [0.3, 0.4) is 0 Å². The molecule has 0 saturated heterocycles. The number of hydrogen-bond donors (Lipinski definition) is 2. The molecule has 0 bridgehead atoms. The molecule has 0 aliphatic rings. The zero-order valence-electron chi connectivity index (χ0n) is 13.0. The summed E-state index contributed by atoms with van der Waals surface area (Å²) < 4.78 is 5.25. The van der Waals surface area contributed by atoms with Crippen molar-refractivity contribution in [1.29, 1.82) is 0 Å². The molecule has 5 nitrogen and oxygen atoms in total. The first-order valence-corrected chi connectivity index (χ1v) is 7.39. The number of nitrogens with one attached hydrogen (secondary N) is 2. The highest BCUT2D eigenvalue weighted by Crippen LogP contribution is 2.31. The van der Waals surface area contributed by atoms with Crippen LogP contribution in [-0.4, -0.2) is 24.5 Å². The van der Waals surface area contributed by atoms with Gasteiger partial charge in [0.15, 0.2) is 0 Å². The van der Waals surface area contributed by atoms with Gasteiger partial charge in [0, 0.05) is 29.5 Å². The largest absolute Gasteiger partial charge is 0.495 e. The van der Waals surface area contributed by atoms with E-state index in [1.165, 1.54) is 7.11 Å². The van der Waals surface area contributed by atoms with Gasteiger partial charge in [-0.1, -0.05) is 17.7 Å². The van der Waals surface area contributed by atoms with E-state index in [-0.39, 0.29) is 5.91 Å². The number of pyridine rings is 1. The van der Waals surface area contributed by atoms with Crippen LogP contribution in [0.15, 0.2) is 43.1 Å². The van der Waals surface area contributed by atoms with Crippen molar-refractivity contribution in [2.75, 3.05) is 24.3 Å². The molecule has 1 heterocycles. The van der Waals surface area contributed by atoms with Crippen LogP contribution in [0.2, 0.25) is 5.02 Å². The van der Waals surface area contributed by atoms with Gasteiger partial charge in [0.25, 0.3) is 5.91 Å². The lowest BCUT2D eigenvalue weighted by Gasteiger charge is -2.12. The topological polar surface area (TPSA) is 63.2 Å². The van der Waals surface area contributed by atoms with Crippen molar-refractivity contribution >= 4 is 28.9 Å². The predicted molar refractivity (Wildman–Crippen MR) is 93.6 cm³/mol. The minimum Gasteiger partial charge on any atom is -0.495 e. The van der Waals surface area contributed by atoms with Crippen LogP contribution in [0.5, 0.6) is 5.75 Å². The molecule has 0 fully saturated rings. The zero-order chi connectivity index (χ0) is 16.8. The lowest BCUT2D eigenvalue weighted by Crippen LogP contribution is -2.15. The third-order valence-corrected chi connectivity index (χ3v) is 3.58. The predicted octanol–water partition coefficient (Wildman–Crippen LogP) is 3.90. The number of aryl methyl sites for hydroxylation is 1. The normalized spacial score (nSPS) is 10.0. The summed E-state index contributed by atoms with van der Waals surface area (Å²) in [5.41, 5.74) is 2.49. The van der Waals surface area contributed by atoms with Crippen molar-refractivity contribution < 1.29 is 9.53 Å². The maximum atomic E-state index is 12.4. The van der Waals surface area contributed by atoms with E-state index in [1.807, 2.05) is 6.92 Å². The maximum Gasteiger partial charge on any atom is 0.274 e. The summed E-state index contributed by atoms with van der Waals surface area (Å²) in [6.07, 6.45) is 3.31. The molecule has 2 N–H and O–H groups in total. The van der Waals surface area contributed by atoms with Crippen molar-refractivity contribution in [3.8, 4) is 5.75 Å². The number of amides is 1. The van der Waals surface area contributed by atoms with Gasteiger partial charge in [-0.05, 0) is 30.7 Å². The second kappa shape index (κ2) is 7.65. The van der Waals surface area contributed by atoms with Crippen molar-refractivity contribution in [3.05, 3.63) is 59.4 Å². The van der Waals surface area contributed by atoms with E-state index < -0.39 is 0 Å². The van der Waals surface area contributed by atoms with Gasteiger partial charge >= 0.3 is 0 Å². The quantitative estimate of drug-likeness (QED) is 0.788. The number of hydrogen-bond acceptors (Lipinski definition) is 4. The second-order valence-electron chi connectivity index (χ2n) is 4.86. The summed E-state index contributed by atoms with van der Waals surface area (Å²) in [6.45, 7) is 6.10. The minimum atomic E-state index is -0.327. The Hall–Kier alpha value is -2.53. The number of rotatable bonds is 6. The van der Waals surface area contributed by atoms with Gasteiger partial charge in [-0.2, -0.15) is 0 Å². The van der Waals surface area contributed by atoms with Crippen LogP contribution < -0.4 is 15.4 Å². The first-order valence-electron chi connectivity index (χ1n) is 7.01. The van der Waals surface area contributed by atoms with Gasteiger partial charge in [-0.15, -0.1) is 6.58 Å². The Morgan fingerprint density at radius 3 is 2.91 bits per heavy atom. The van der Waals surface area contributed by atoms with Gasteiger partial charge in [0.1, 0.15) is 11.4 Å². The molecule has 2 aromatic rings. The number of nitrogens with zero attached hydrogens (tertiary/aromatic N) is 1. The van der Waals surface area contributed by atoms with Crippen LogP contribution in [-0.2, 0) is 0 Å². The zero-order valence-corrected chi connectivity index (χ0v) is 13.8. The number of ether oxygens (including phenoxy) is 1. The van der Waals surface area contributed by atoms with E-state index in [1.54, 1.807) is 36.5 Å². The molecule has 120 valence electrons. The number of carbonyl (C=O) groups is 1. The molecule has 0 spiro atoms. The van der Waals surface area contributed by atoms with E-state index in [0.717, 1.165) is 11.3 Å². The highest BCUT2D eigenvalue weighted by Gasteiger charge is 2.13. The molecule has 6 heteroatoms. The first kappa shape index (κ1) is 16.8. The van der Waals surface area contributed by atoms with E-state index >= 15 is 0 Å². The molecule has 0 radical (unpaired) electrons. The van der Waals surface area contributed by atoms with Gasteiger partial charge < -0.3 is 15.4 Å². The Morgan fingerprint density at radius 1 is 1.43 bits per heavy atom. The molecule has 2 rings (SSSR count). The molecule has 1 aromatic heterocycles. The Balaban J connectivity index is 2.22. The third-order valence-electron chi connectivity index (χ3n) is 3.17. The minimum absolute atomic E-state index is 0.300. The summed E-state index contributed by atoms with van der Waals surface area (Å²) in [5.74, 6) is 0.169. The summed E-state index contributed by atoms with van der Waals surface area (Å²) >= 11 is 6.07. The maximum absolute atomic E-state index is 12.4. The summed E-state index contributed by atoms with van der Waals surface area (Å²) in [4.78, 5) is 16.5. The highest BCUT2D eigenvalue weighted by molar-refractivity contribution is 6.31. The van der Waals surface area contributed by atoms with Crippen LogP contribution >= 0.6 is 11.6 Å². The lowest BCUT2D eigenvalue weighted by molar-refractivity contribution is 0.102. The standard InChI is InChI=1S/C17H18ClN3O2/c1-4-6-19-12-5-7-20-15(9-12)17(22)21-14-8-11(2)13(18)10-16(14)23-3/h4-5,7-10H,1,6H2,2-3H3,(H,19,20)(H,21,22). The van der Waals surface area contributed by atoms with Crippen LogP contribution in [0.25, 0.3) is 0 Å². The fourth-order valence-electron chi connectivity index (χ4n) is 1.97. The SMILES string of the molecule is C=CCNc1ccnc(C(=O)Nc2cc(C)c(Cl)cc2OC)c1. The number of anilines is 2. The number of halogens is 1. The summed E-state index contributed by atoms with van der Waals surface area (Å²) in [5, 5.41) is 6.49. The average molecular weight is 332 g/mol. The lowest BCUT2D eigenvalue weighted by atomic mass is 10.2. The van der Waals surface area contributed by atoms with Crippen LogP contribution in [0, 0.1) is 6.92 Å². The Labute approximate surface area is 140 Å². The molecule has 0 saturated carbocycles. The van der Waals surface area contributed by atoms with E-state index in [0.29, 0.717) is 28.7 Å². The summed E-state index contributed by atoms with van der Waals surface area (Å²) in [7, 11) is 1.52. The van der Waals surface area contributed by atoms with E-state index in [2.05, 4.69) is 22.2 Å².